The summed E-state index contributed by atoms with van der Waals surface area (Å²) in [6.07, 6.45) is 4.13. The average Bonchev–Trinajstić information content (AvgIpc) is 3.25. The van der Waals surface area contributed by atoms with Gasteiger partial charge in [0.2, 0.25) is 0 Å². The number of benzene rings is 3. The van der Waals surface area contributed by atoms with Gasteiger partial charge in [-0.1, -0.05) is 74.1 Å². The van der Waals surface area contributed by atoms with Crippen LogP contribution in [0.2, 0.25) is 0 Å². The van der Waals surface area contributed by atoms with E-state index in [0.717, 1.165) is 58.2 Å². The van der Waals surface area contributed by atoms with Gasteiger partial charge in [-0.2, -0.15) is 10.2 Å². The summed E-state index contributed by atoms with van der Waals surface area (Å²) in [5.74, 6) is 0. The van der Waals surface area contributed by atoms with Crippen LogP contribution < -0.4 is 0 Å². The normalized spacial score (nSPS) is 12.8. The van der Waals surface area contributed by atoms with Crippen LogP contribution in [-0.2, 0) is 6.42 Å². The van der Waals surface area contributed by atoms with E-state index in [1.165, 1.54) is 21.5 Å². The molecule has 1 heterocycles. The number of aromatic nitrogens is 2. The van der Waals surface area contributed by atoms with Gasteiger partial charge < -0.3 is 0 Å². The van der Waals surface area contributed by atoms with Crippen molar-refractivity contribution in [3.63, 3.8) is 0 Å². The predicted molar refractivity (Wildman–Crippen MR) is 135 cm³/mol. The predicted octanol–water partition coefficient (Wildman–Crippen LogP) is 7.45. The lowest BCUT2D eigenvalue weighted by Gasteiger charge is -2.10. The topological polar surface area (TPSA) is 50.5 Å². The zero-order valence-corrected chi connectivity index (χ0v) is 19.5. The van der Waals surface area contributed by atoms with Gasteiger partial charge in [-0.25, -0.2) is 0 Å². The first-order chi connectivity index (χ1) is 15.1. The third-order valence-corrected chi connectivity index (χ3v) is 6.46. The van der Waals surface area contributed by atoms with Gasteiger partial charge in [0.1, 0.15) is 10.0 Å². The molecule has 31 heavy (non-hydrogen) atoms. The maximum atomic E-state index is 4.52. The summed E-state index contributed by atoms with van der Waals surface area (Å²) in [4.78, 5) is 0. The van der Waals surface area contributed by atoms with Crippen molar-refractivity contribution in [1.29, 1.82) is 0 Å². The number of hydrogen-bond acceptors (Lipinski definition) is 5. The van der Waals surface area contributed by atoms with Gasteiger partial charge in [0.05, 0.1) is 5.71 Å². The molecule has 0 fully saturated rings. The maximum absolute atomic E-state index is 4.52. The molecule has 5 heteroatoms. The molecule has 0 unspecified atom stereocenters. The van der Waals surface area contributed by atoms with E-state index in [1.54, 1.807) is 11.3 Å². The smallest absolute Gasteiger partial charge is 0.147 e. The molecule has 4 rings (SSSR count). The van der Waals surface area contributed by atoms with E-state index in [-0.39, 0.29) is 0 Å². The molecule has 0 bridgehead atoms. The van der Waals surface area contributed by atoms with E-state index in [1.807, 2.05) is 13.8 Å². The molecule has 0 N–H and O–H groups in total. The lowest BCUT2D eigenvalue weighted by molar-refractivity contribution is 0.879. The Bertz CT molecular complexity index is 1280. The van der Waals surface area contributed by atoms with E-state index in [2.05, 4.69) is 82.8 Å². The van der Waals surface area contributed by atoms with E-state index in [9.17, 15) is 0 Å². The van der Waals surface area contributed by atoms with Crippen LogP contribution in [0.5, 0.6) is 0 Å². The van der Waals surface area contributed by atoms with Gasteiger partial charge in [-0.15, -0.1) is 10.2 Å². The monoisotopic (exact) mass is 428 g/mol. The van der Waals surface area contributed by atoms with E-state index < -0.39 is 0 Å². The first-order valence-electron chi connectivity index (χ1n) is 11.0. The molecule has 4 nitrogen and oxygen atoms in total. The summed E-state index contributed by atoms with van der Waals surface area (Å²) in [5, 5.41) is 24.7. The molecule has 0 aliphatic rings. The Morgan fingerprint density at radius 3 is 2.52 bits per heavy atom. The van der Waals surface area contributed by atoms with Crippen molar-refractivity contribution in [2.24, 2.45) is 10.2 Å². The SMILES string of the molecule is CCC/C(C)=N/N=C(\C)c1cccc2c1ccc1ccc(-c3nnc(CCC)s3)cc12. The van der Waals surface area contributed by atoms with E-state index >= 15 is 0 Å². The fraction of sp³-hybridized carbons (Fsp3) is 0.308. The fourth-order valence-electron chi connectivity index (χ4n) is 3.85. The molecular weight excluding hydrogens is 400 g/mol. The third-order valence-electron chi connectivity index (χ3n) is 5.43. The van der Waals surface area contributed by atoms with Crippen LogP contribution in [0.1, 0.15) is 57.5 Å². The summed E-state index contributed by atoms with van der Waals surface area (Å²) in [5.41, 5.74) is 4.25. The van der Waals surface area contributed by atoms with Crippen molar-refractivity contribution < 1.29 is 0 Å². The van der Waals surface area contributed by atoms with Crippen LogP contribution in [0.15, 0.2) is 58.7 Å². The standard InChI is InChI=1S/C26H28N4S/c1-5-8-17(3)27-28-18(4)21-10-7-11-22-23(21)15-14-19-12-13-20(16-24(19)22)26-30-29-25(31-26)9-6-2/h7,10-16H,5-6,8-9H2,1-4H3/b27-17+,28-18+. The van der Waals surface area contributed by atoms with Gasteiger partial charge in [-0.3, -0.25) is 0 Å². The molecule has 0 amide bonds. The Balaban J connectivity index is 1.81. The Morgan fingerprint density at radius 2 is 1.71 bits per heavy atom. The van der Waals surface area contributed by atoms with Crippen molar-refractivity contribution in [3.05, 3.63) is 59.1 Å². The molecule has 0 saturated carbocycles. The highest BCUT2D eigenvalue weighted by Gasteiger charge is 2.11. The Morgan fingerprint density at radius 1 is 0.871 bits per heavy atom. The second kappa shape index (κ2) is 9.48. The quantitative estimate of drug-likeness (QED) is 0.174. The van der Waals surface area contributed by atoms with Crippen LogP contribution in [-0.4, -0.2) is 21.6 Å². The van der Waals surface area contributed by atoms with Gasteiger partial charge in [0, 0.05) is 23.3 Å². The molecule has 0 spiro atoms. The highest BCUT2D eigenvalue weighted by molar-refractivity contribution is 7.14. The summed E-state index contributed by atoms with van der Waals surface area (Å²) in [6.45, 7) is 8.40. The number of aryl methyl sites for hydroxylation is 1. The summed E-state index contributed by atoms with van der Waals surface area (Å²) in [6, 6.07) is 17.4. The van der Waals surface area contributed by atoms with Crippen LogP contribution in [0.4, 0.5) is 0 Å². The van der Waals surface area contributed by atoms with Crippen molar-refractivity contribution >= 4 is 44.3 Å². The molecule has 4 aromatic rings. The van der Waals surface area contributed by atoms with Gasteiger partial charge >= 0.3 is 0 Å². The average molecular weight is 429 g/mol. The van der Waals surface area contributed by atoms with Crippen molar-refractivity contribution in [2.75, 3.05) is 0 Å². The highest BCUT2D eigenvalue weighted by Crippen LogP contribution is 2.33. The molecule has 158 valence electrons. The minimum atomic E-state index is 0.935. The molecule has 0 saturated heterocycles. The van der Waals surface area contributed by atoms with Gasteiger partial charge in [0.25, 0.3) is 0 Å². The van der Waals surface area contributed by atoms with Crippen molar-refractivity contribution in [3.8, 4) is 10.6 Å². The van der Waals surface area contributed by atoms with E-state index in [0.29, 0.717) is 0 Å². The second-order valence-electron chi connectivity index (χ2n) is 7.92. The van der Waals surface area contributed by atoms with Crippen LogP contribution in [0, 0.1) is 0 Å². The third kappa shape index (κ3) is 4.57. The van der Waals surface area contributed by atoms with Crippen LogP contribution in [0.3, 0.4) is 0 Å². The Hall–Kier alpha value is -2.92. The molecule has 3 aromatic carbocycles. The number of hydrogen-bond donors (Lipinski definition) is 0. The van der Waals surface area contributed by atoms with Gasteiger partial charge in [0.15, 0.2) is 0 Å². The minimum absolute atomic E-state index is 0.935. The Kier molecular flexibility index (Phi) is 6.52. The summed E-state index contributed by atoms with van der Waals surface area (Å²) in [7, 11) is 0. The van der Waals surface area contributed by atoms with Crippen LogP contribution >= 0.6 is 11.3 Å². The lowest BCUT2D eigenvalue weighted by atomic mass is 9.95. The molecule has 1 aromatic heterocycles. The van der Waals surface area contributed by atoms with Gasteiger partial charge in [-0.05, 0) is 54.3 Å². The maximum Gasteiger partial charge on any atom is 0.147 e. The van der Waals surface area contributed by atoms with Crippen molar-refractivity contribution in [1.82, 2.24) is 10.2 Å². The summed E-state index contributed by atoms with van der Waals surface area (Å²) >= 11 is 1.69. The largest absolute Gasteiger partial charge is 0.160 e. The summed E-state index contributed by atoms with van der Waals surface area (Å²) < 4.78 is 0. The molecule has 0 aliphatic heterocycles. The molecule has 0 atom stereocenters. The number of nitrogens with zero attached hydrogens (tertiary/aromatic N) is 4. The Labute approximate surface area is 187 Å². The lowest BCUT2D eigenvalue weighted by Crippen LogP contribution is -1.97. The second-order valence-corrected chi connectivity index (χ2v) is 8.99. The van der Waals surface area contributed by atoms with Crippen LogP contribution in [0.25, 0.3) is 32.1 Å². The zero-order chi connectivity index (χ0) is 21.8. The molecular formula is C26H28N4S. The van der Waals surface area contributed by atoms with Crippen molar-refractivity contribution in [2.45, 2.75) is 53.4 Å². The molecule has 0 aliphatic carbocycles. The fourth-order valence-corrected chi connectivity index (χ4v) is 4.78. The number of fused-ring (bicyclic) bond motifs is 3. The minimum Gasteiger partial charge on any atom is -0.160 e. The van der Waals surface area contributed by atoms with E-state index in [4.69, 9.17) is 0 Å². The first-order valence-corrected chi connectivity index (χ1v) is 11.8. The molecule has 0 radical (unpaired) electrons. The highest BCUT2D eigenvalue weighted by atomic mass is 32.1. The first kappa shape index (κ1) is 21.3. The zero-order valence-electron chi connectivity index (χ0n) is 18.6. The number of rotatable bonds is 7.